The second-order valence-electron chi connectivity index (χ2n) is 7.56. The van der Waals surface area contributed by atoms with Crippen LogP contribution in [0.15, 0.2) is 111 Å². The van der Waals surface area contributed by atoms with Gasteiger partial charge in [-0.15, -0.1) is 0 Å². The fourth-order valence-electron chi connectivity index (χ4n) is 3.82. The average Bonchev–Trinajstić information content (AvgIpc) is 3.53. The molecule has 5 aromatic rings. The van der Waals surface area contributed by atoms with Crippen molar-refractivity contribution in [1.82, 2.24) is 0 Å². The van der Waals surface area contributed by atoms with Crippen molar-refractivity contribution in [3.05, 3.63) is 118 Å². The number of furan rings is 2. The van der Waals surface area contributed by atoms with Crippen LogP contribution in [0.5, 0.6) is 0 Å². The first-order chi connectivity index (χ1) is 17.2. The summed E-state index contributed by atoms with van der Waals surface area (Å²) in [5.41, 5.74) is 2.93. The molecule has 0 amide bonds. The van der Waals surface area contributed by atoms with E-state index in [2.05, 4.69) is 11.1 Å². The Labute approximate surface area is 200 Å². The van der Waals surface area contributed by atoms with Crippen LogP contribution in [0.25, 0.3) is 33.8 Å². The monoisotopic (exact) mass is 459 g/mol. The molecule has 0 saturated carbocycles. The van der Waals surface area contributed by atoms with E-state index in [0.717, 1.165) is 11.1 Å². The highest BCUT2D eigenvalue weighted by Gasteiger charge is 2.23. The van der Waals surface area contributed by atoms with Gasteiger partial charge < -0.3 is 8.83 Å². The molecule has 0 bridgehead atoms. The zero-order valence-corrected chi connectivity index (χ0v) is 18.3. The van der Waals surface area contributed by atoms with E-state index in [1.807, 2.05) is 60.7 Å². The number of nitrogens with zero attached hydrogens (tertiary/aromatic N) is 3. The second-order valence-corrected chi connectivity index (χ2v) is 7.56. The van der Waals surface area contributed by atoms with E-state index in [1.54, 1.807) is 30.3 Å². The van der Waals surface area contributed by atoms with Gasteiger partial charge in [0.15, 0.2) is 0 Å². The van der Waals surface area contributed by atoms with Crippen LogP contribution in [-0.4, -0.2) is 11.1 Å². The van der Waals surface area contributed by atoms with Crippen molar-refractivity contribution in [2.45, 2.75) is 0 Å². The zero-order valence-electron chi connectivity index (χ0n) is 18.3. The lowest BCUT2D eigenvalue weighted by Crippen LogP contribution is -1.90. The van der Waals surface area contributed by atoms with E-state index < -0.39 is 4.92 Å². The molecule has 0 spiro atoms. The van der Waals surface area contributed by atoms with Gasteiger partial charge in [-0.25, -0.2) is 4.99 Å². The molecule has 0 atom stereocenters. The number of hydrogen-bond acceptors (Lipinski definition) is 6. The fourth-order valence-corrected chi connectivity index (χ4v) is 3.82. The Morgan fingerprint density at radius 1 is 0.829 bits per heavy atom. The Bertz CT molecular complexity index is 1580. The highest BCUT2D eigenvalue weighted by Crippen LogP contribution is 2.42. The van der Waals surface area contributed by atoms with Gasteiger partial charge in [-0.1, -0.05) is 72.8 Å². The quantitative estimate of drug-likeness (QED) is 0.149. The average molecular weight is 459 g/mol. The molecule has 0 aliphatic carbocycles. The topological polar surface area (TPSA) is 106 Å². The van der Waals surface area contributed by atoms with Crippen molar-refractivity contribution in [1.29, 1.82) is 5.26 Å². The first-order valence-corrected chi connectivity index (χ1v) is 10.7. The molecule has 0 unspecified atom stereocenters. The minimum Gasteiger partial charge on any atom is -0.455 e. The van der Waals surface area contributed by atoms with Crippen molar-refractivity contribution in [3.63, 3.8) is 0 Å². The van der Waals surface area contributed by atoms with Gasteiger partial charge in [0.05, 0.1) is 16.7 Å². The highest BCUT2D eigenvalue weighted by atomic mass is 16.6. The molecule has 7 heteroatoms. The van der Waals surface area contributed by atoms with Gasteiger partial charge in [0.25, 0.3) is 5.69 Å². The minimum absolute atomic E-state index is 0.0526. The van der Waals surface area contributed by atoms with E-state index >= 15 is 0 Å². The number of benzene rings is 3. The molecule has 0 fully saturated rings. The molecule has 2 heterocycles. The Morgan fingerprint density at radius 2 is 1.49 bits per heavy atom. The standard InChI is InChI=1S/C28H17N3O4/c29-17-23-26(19-9-3-1-4-10-19)27(20-11-5-2-6-12-20)35-28(23)30-18-21-15-16-25(34-21)22-13-7-8-14-24(22)31(32)33/h1-16,18H. The molecule has 0 saturated heterocycles. The maximum Gasteiger partial charge on any atom is 0.280 e. The van der Waals surface area contributed by atoms with Gasteiger partial charge in [0, 0.05) is 17.2 Å². The Morgan fingerprint density at radius 3 is 2.17 bits per heavy atom. The third kappa shape index (κ3) is 4.24. The Balaban J connectivity index is 1.56. The van der Waals surface area contributed by atoms with Crippen LogP contribution in [-0.2, 0) is 0 Å². The summed E-state index contributed by atoms with van der Waals surface area (Å²) in [6.45, 7) is 0. The molecule has 3 aromatic carbocycles. The van der Waals surface area contributed by atoms with E-state index in [0.29, 0.717) is 34.0 Å². The summed E-state index contributed by atoms with van der Waals surface area (Å²) >= 11 is 0. The lowest BCUT2D eigenvalue weighted by atomic mass is 9.98. The summed E-state index contributed by atoms with van der Waals surface area (Å²) in [4.78, 5) is 15.3. The van der Waals surface area contributed by atoms with Crippen LogP contribution in [0.4, 0.5) is 11.6 Å². The summed E-state index contributed by atoms with van der Waals surface area (Å²) in [7, 11) is 0. The normalized spacial score (nSPS) is 10.9. The highest BCUT2D eigenvalue weighted by molar-refractivity contribution is 5.89. The molecular formula is C28H17N3O4. The Hall–Kier alpha value is -5.22. The molecular weight excluding hydrogens is 442 g/mol. The largest absolute Gasteiger partial charge is 0.455 e. The van der Waals surface area contributed by atoms with Crippen LogP contribution >= 0.6 is 0 Å². The summed E-state index contributed by atoms with van der Waals surface area (Å²) < 4.78 is 11.9. The number of rotatable bonds is 6. The van der Waals surface area contributed by atoms with Crippen LogP contribution in [0.2, 0.25) is 0 Å². The van der Waals surface area contributed by atoms with Gasteiger partial charge >= 0.3 is 0 Å². The molecule has 0 aliphatic heterocycles. The van der Waals surface area contributed by atoms with Gasteiger partial charge in [0.2, 0.25) is 5.88 Å². The number of aliphatic imine (C=N–C) groups is 1. The van der Waals surface area contributed by atoms with E-state index in [-0.39, 0.29) is 11.6 Å². The Kier molecular flexibility index (Phi) is 5.76. The summed E-state index contributed by atoms with van der Waals surface area (Å²) in [5.74, 6) is 1.39. The third-order valence-corrected chi connectivity index (χ3v) is 5.40. The molecule has 7 nitrogen and oxygen atoms in total. The maximum atomic E-state index is 11.3. The van der Waals surface area contributed by atoms with E-state index in [1.165, 1.54) is 12.3 Å². The van der Waals surface area contributed by atoms with Crippen LogP contribution in [0, 0.1) is 21.4 Å². The second kappa shape index (κ2) is 9.33. The lowest BCUT2D eigenvalue weighted by molar-refractivity contribution is -0.384. The third-order valence-electron chi connectivity index (χ3n) is 5.40. The summed E-state index contributed by atoms with van der Waals surface area (Å²) in [6, 6.07) is 30.9. The number of hydrogen-bond donors (Lipinski definition) is 0. The van der Waals surface area contributed by atoms with E-state index in [4.69, 9.17) is 8.83 Å². The lowest BCUT2D eigenvalue weighted by Gasteiger charge is -2.03. The van der Waals surface area contributed by atoms with Gasteiger partial charge in [-0.3, -0.25) is 10.1 Å². The number of para-hydroxylation sites is 1. The maximum absolute atomic E-state index is 11.3. The molecule has 5 rings (SSSR count). The number of nitriles is 1. The number of nitro groups is 1. The minimum atomic E-state index is -0.454. The predicted octanol–water partition coefficient (Wildman–Crippen LogP) is 7.40. The molecule has 168 valence electrons. The molecule has 0 aliphatic rings. The zero-order chi connectivity index (χ0) is 24.2. The van der Waals surface area contributed by atoms with Gasteiger partial charge in [-0.2, -0.15) is 5.26 Å². The molecule has 0 N–H and O–H groups in total. The molecule has 0 radical (unpaired) electrons. The van der Waals surface area contributed by atoms with Crippen molar-refractivity contribution in [2.75, 3.05) is 0 Å². The van der Waals surface area contributed by atoms with Crippen LogP contribution in [0.1, 0.15) is 11.3 Å². The van der Waals surface area contributed by atoms with Gasteiger partial charge in [-0.05, 0) is 23.8 Å². The van der Waals surface area contributed by atoms with Crippen molar-refractivity contribution < 1.29 is 13.8 Å². The van der Waals surface area contributed by atoms with Crippen LogP contribution in [0.3, 0.4) is 0 Å². The smallest absolute Gasteiger partial charge is 0.280 e. The van der Waals surface area contributed by atoms with Crippen LogP contribution < -0.4 is 0 Å². The molecule has 2 aromatic heterocycles. The predicted molar refractivity (Wildman–Crippen MR) is 132 cm³/mol. The first kappa shape index (κ1) is 21.6. The summed E-state index contributed by atoms with van der Waals surface area (Å²) in [6.07, 6.45) is 1.43. The SMILES string of the molecule is N#Cc1c(N=Cc2ccc(-c3ccccc3[N+](=O)[O-])o2)oc(-c2ccccc2)c1-c1ccccc1. The fraction of sp³-hybridized carbons (Fsp3) is 0. The van der Waals surface area contributed by atoms with Crippen molar-refractivity contribution >= 4 is 17.8 Å². The number of nitro benzene ring substituents is 1. The first-order valence-electron chi connectivity index (χ1n) is 10.7. The van der Waals surface area contributed by atoms with E-state index in [9.17, 15) is 15.4 Å². The van der Waals surface area contributed by atoms with Crippen molar-refractivity contribution in [2.24, 2.45) is 4.99 Å². The van der Waals surface area contributed by atoms with Gasteiger partial charge in [0.1, 0.15) is 28.9 Å². The summed E-state index contributed by atoms with van der Waals surface area (Å²) in [5, 5.41) is 21.3. The molecule has 35 heavy (non-hydrogen) atoms. The van der Waals surface area contributed by atoms with Crippen molar-refractivity contribution in [3.8, 4) is 39.8 Å².